The SMILES string of the molecule is O=C(NCCN1CCOCC1)C1CCN(c2ncccc2[N+](=O)[O-])CC1. The van der Waals surface area contributed by atoms with Gasteiger partial charge in [-0.1, -0.05) is 0 Å². The molecule has 0 saturated carbocycles. The van der Waals surface area contributed by atoms with Crippen molar-refractivity contribution in [2.24, 2.45) is 5.92 Å². The molecule has 3 heterocycles. The van der Waals surface area contributed by atoms with Gasteiger partial charge in [-0.25, -0.2) is 4.98 Å². The lowest BCUT2D eigenvalue weighted by molar-refractivity contribution is -0.384. The van der Waals surface area contributed by atoms with E-state index in [1.54, 1.807) is 12.3 Å². The van der Waals surface area contributed by atoms with E-state index in [9.17, 15) is 14.9 Å². The highest BCUT2D eigenvalue weighted by Gasteiger charge is 2.28. The molecule has 3 rings (SSSR count). The summed E-state index contributed by atoms with van der Waals surface area (Å²) in [6, 6.07) is 3.03. The van der Waals surface area contributed by atoms with Crippen LogP contribution in [0.25, 0.3) is 0 Å². The molecule has 0 aromatic carbocycles. The van der Waals surface area contributed by atoms with Crippen molar-refractivity contribution in [2.75, 3.05) is 57.4 Å². The largest absolute Gasteiger partial charge is 0.379 e. The van der Waals surface area contributed by atoms with Crippen LogP contribution in [0.1, 0.15) is 12.8 Å². The van der Waals surface area contributed by atoms with Gasteiger partial charge < -0.3 is 15.0 Å². The summed E-state index contributed by atoms with van der Waals surface area (Å²) in [6.07, 6.45) is 2.92. The molecule has 142 valence electrons. The number of morpholine rings is 1. The highest BCUT2D eigenvalue weighted by molar-refractivity contribution is 5.79. The Balaban J connectivity index is 1.44. The van der Waals surface area contributed by atoms with Crippen molar-refractivity contribution < 1.29 is 14.5 Å². The molecule has 0 unspecified atom stereocenters. The van der Waals surface area contributed by atoms with Crippen molar-refractivity contribution in [2.45, 2.75) is 12.8 Å². The number of rotatable bonds is 6. The number of ether oxygens (including phenoxy) is 1. The Morgan fingerprint density at radius 2 is 2.04 bits per heavy atom. The number of anilines is 1. The first-order valence-corrected chi connectivity index (χ1v) is 9.07. The Labute approximate surface area is 152 Å². The van der Waals surface area contributed by atoms with Crippen LogP contribution in [0.2, 0.25) is 0 Å². The number of pyridine rings is 1. The molecule has 9 heteroatoms. The van der Waals surface area contributed by atoms with Gasteiger partial charge in [0, 0.05) is 57.4 Å². The number of nitrogens with zero attached hydrogens (tertiary/aromatic N) is 4. The minimum absolute atomic E-state index is 0.0147. The quantitative estimate of drug-likeness (QED) is 0.585. The van der Waals surface area contributed by atoms with E-state index in [-0.39, 0.29) is 17.5 Å². The van der Waals surface area contributed by atoms with E-state index >= 15 is 0 Å². The Morgan fingerprint density at radius 1 is 1.31 bits per heavy atom. The zero-order valence-electron chi connectivity index (χ0n) is 14.8. The number of nitro groups is 1. The van der Waals surface area contributed by atoms with Gasteiger partial charge in [-0.2, -0.15) is 0 Å². The smallest absolute Gasteiger partial charge is 0.311 e. The van der Waals surface area contributed by atoms with Gasteiger partial charge in [0.15, 0.2) is 0 Å². The molecule has 0 bridgehead atoms. The molecule has 0 spiro atoms. The van der Waals surface area contributed by atoms with Crippen LogP contribution >= 0.6 is 0 Å². The second-order valence-corrected chi connectivity index (χ2v) is 6.61. The van der Waals surface area contributed by atoms with Crippen molar-refractivity contribution in [1.82, 2.24) is 15.2 Å². The molecule has 0 radical (unpaired) electrons. The van der Waals surface area contributed by atoms with Gasteiger partial charge >= 0.3 is 5.69 Å². The zero-order valence-corrected chi connectivity index (χ0v) is 14.8. The van der Waals surface area contributed by atoms with Crippen LogP contribution in [0.15, 0.2) is 18.3 Å². The van der Waals surface area contributed by atoms with Crippen LogP contribution in [-0.4, -0.2) is 73.2 Å². The molecule has 2 aliphatic heterocycles. The number of nitrogens with one attached hydrogen (secondary N) is 1. The molecule has 26 heavy (non-hydrogen) atoms. The summed E-state index contributed by atoms with van der Waals surface area (Å²) < 4.78 is 5.31. The highest BCUT2D eigenvalue weighted by Crippen LogP contribution is 2.28. The number of hydrogen-bond donors (Lipinski definition) is 1. The second-order valence-electron chi connectivity index (χ2n) is 6.61. The fraction of sp³-hybridized carbons (Fsp3) is 0.647. The van der Waals surface area contributed by atoms with Crippen molar-refractivity contribution in [3.8, 4) is 0 Å². The van der Waals surface area contributed by atoms with Gasteiger partial charge in [0.1, 0.15) is 0 Å². The molecule has 1 N–H and O–H groups in total. The van der Waals surface area contributed by atoms with E-state index in [0.29, 0.717) is 38.3 Å². The third-order valence-corrected chi connectivity index (χ3v) is 4.96. The van der Waals surface area contributed by atoms with E-state index < -0.39 is 4.92 Å². The topological polar surface area (TPSA) is 101 Å². The minimum atomic E-state index is -0.410. The lowest BCUT2D eigenvalue weighted by atomic mass is 9.96. The molecular weight excluding hydrogens is 338 g/mol. The lowest BCUT2D eigenvalue weighted by Gasteiger charge is -2.32. The number of carbonyl (C=O) groups excluding carboxylic acids is 1. The number of hydrogen-bond acceptors (Lipinski definition) is 7. The summed E-state index contributed by atoms with van der Waals surface area (Å²) in [5.41, 5.74) is 0.0147. The van der Waals surface area contributed by atoms with Crippen molar-refractivity contribution >= 4 is 17.4 Å². The Bertz CT molecular complexity index is 627. The predicted octanol–water partition coefficient (Wildman–Crippen LogP) is 0.655. The Hall–Kier alpha value is -2.26. The molecular formula is C17H25N5O4. The van der Waals surface area contributed by atoms with Crippen molar-refractivity contribution in [3.63, 3.8) is 0 Å². The maximum atomic E-state index is 12.4. The van der Waals surface area contributed by atoms with E-state index in [1.807, 2.05) is 4.90 Å². The maximum absolute atomic E-state index is 12.4. The summed E-state index contributed by atoms with van der Waals surface area (Å²) in [4.78, 5) is 31.4. The molecule has 9 nitrogen and oxygen atoms in total. The first-order chi connectivity index (χ1) is 12.6. The first kappa shape index (κ1) is 18.5. The molecule has 1 aromatic heterocycles. The fourth-order valence-electron chi connectivity index (χ4n) is 3.43. The summed E-state index contributed by atoms with van der Waals surface area (Å²) in [5, 5.41) is 14.2. The lowest BCUT2D eigenvalue weighted by Crippen LogP contribution is -2.44. The van der Waals surface area contributed by atoms with E-state index in [2.05, 4.69) is 15.2 Å². The van der Waals surface area contributed by atoms with E-state index in [4.69, 9.17) is 4.74 Å². The summed E-state index contributed by atoms with van der Waals surface area (Å²) >= 11 is 0. The Morgan fingerprint density at radius 3 is 2.73 bits per heavy atom. The predicted molar refractivity (Wildman–Crippen MR) is 96.1 cm³/mol. The molecule has 2 fully saturated rings. The summed E-state index contributed by atoms with van der Waals surface area (Å²) in [5.74, 6) is 0.427. The highest BCUT2D eigenvalue weighted by atomic mass is 16.6. The number of aromatic nitrogens is 1. The van der Waals surface area contributed by atoms with Gasteiger partial charge in [0.25, 0.3) is 0 Å². The Kier molecular flexibility index (Phi) is 6.35. The molecule has 1 aromatic rings. The van der Waals surface area contributed by atoms with Crippen LogP contribution in [0, 0.1) is 16.0 Å². The fourth-order valence-corrected chi connectivity index (χ4v) is 3.43. The standard InChI is InChI=1S/C17H25N5O4/c23-17(19-6-9-20-10-12-26-13-11-20)14-3-7-21(8-4-14)16-15(22(24)25)2-1-5-18-16/h1-2,5,14H,3-4,6-13H2,(H,19,23). The van der Waals surface area contributed by atoms with Gasteiger partial charge in [-0.05, 0) is 18.9 Å². The normalized spacial score (nSPS) is 19.3. The monoisotopic (exact) mass is 363 g/mol. The van der Waals surface area contributed by atoms with E-state index in [0.717, 1.165) is 32.8 Å². The zero-order chi connectivity index (χ0) is 18.4. The van der Waals surface area contributed by atoms with Crippen LogP contribution in [0.4, 0.5) is 11.5 Å². The molecule has 0 aliphatic carbocycles. The number of piperidine rings is 1. The maximum Gasteiger partial charge on any atom is 0.311 e. The average molecular weight is 363 g/mol. The summed E-state index contributed by atoms with van der Waals surface area (Å²) in [6.45, 7) is 6.02. The number of carbonyl (C=O) groups is 1. The average Bonchev–Trinajstić information content (AvgIpc) is 2.69. The second kappa shape index (κ2) is 8.91. The van der Waals surface area contributed by atoms with Crippen LogP contribution in [0.3, 0.4) is 0 Å². The molecule has 0 atom stereocenters. The third kappa shape index (κ3) is 4.67. The van der Waals surface area contributed by atoms with Gasteiger partial charge in [0.2, 0.25) is 11.7 Å². The minimum Gasteiger partial charge on any atom is -0.379 e. The summed E-state index contributed by atoms with van der Waals surface area (Å²) in [7, 11) is 0. The van der Waals surface area contributed by atoms with Gasteiger partial charge in [-0.3, -0.25) is 19.8 Å². The van der Waals surface area contributed by atoms with Crippen LogP contribution in [-0.2, 0) is 9.53 Å². The van der Waals surface area contributed by atoms with Gasteiger partial charge in [0.05, 0.1) is 18.1 Å². The molecule has 2 saturated heterocycles. The third-order valence-electron chi connectivity index (χ3n) is 4.96. The van der Waals surface area contributed by atoms with Gasteiger partial charge in [-0.15, -0.1) is 0 Å². The van der Waals surface area contributed by atoms with Crippen LogP contribution < -0.4 is 10.2 Å². The molecule has 2 aliphatic rings. The first-order valence-electron chi connectivity index (χ1n) is 9.07. The number of amides is 1. The van der Waals surface area contributed by atoms with Crippen molar-refractivity contribution in [1.29, 1.82) is 0 Å². The van der Waals surface area contributed by atoms with E-state index in [1.165, 1.54) is 6.07 Å². The van der Waals surface area contributed by atoms with Crippen molar-refractivity contribution in [3.05, 3.63) is 28.4 Å². The molecule has 1 amide bonds. The van der Waals surface area contributed by atoms with Crippen LogP contribution in [0.5, 0.6) is 0 Å².